The van der Waals surface area contributed by atoms with E-state index in [1.165, 1.54) is 11.5 Å². The number of amides is 1. The highest BCUT2D eigenvalue weighted by atomic mass is 32.1. The largest absolute Gasteiger partial charge is 0.382 e. The molecule has 2 rings (SSSR count). The Morgan fingerprint density at radius 2 is 2.30 bits per heavy atom. The molecule has 0 fully saturated rings. The zero-order valence-corrected chi connectivity index (χ0v) is 12.5. The van der Waals surface area contributed by atoms with Crippen LogP contribution in [-0.2, 0) is 13.6 Å². The molecule has 0 saturated heterocycles. The fraction of sp³-hybridized carbons (Fsp3) is 0.417. The molecule has 2 heterocycles. The van der Waals surface area contributed by atoms with Crippen molar-refractivity contribution in [3.63, 3.8) is 0 Å². The number of aryl methyl sites for hydroxylation is 1. The van der Waals surface area contributed by atoms with Gasteiger partial charge in [-0.25, -0.2) is 0 Å². The Labute approximate surface area is 121 Å². The van der Waals surface area contributed by atoms with Gasteiger partial charge in [-0.3, -0.25) is 9.48 Å². The first-order valence-electron chi connectivity index (χ1n) is 6.24. The number of aromatic nitrogens is 3. The van der Waals surface area contributed by atoms with Crippen molar-refractivity contribution >= 4 is 28.3 Å². The lowest BCUT2D eigenvalue weighted by Gasteiger charge is -2.09. The normalized spacial score (nSPS) is 10.8. The third-order valence-electron chi connectivity index (χ3n) is 2.58. The minimum atomic E-state index is -0.208. The van der Waals surface area contributed by atoms with Crippen LogP contribution in [0.15, 0.2) is 12.4 Å². The number of anilines is 2. The SMILES string of the molecule is CC(C)NC(=O)c1c(N)nsc1NCc1cnn(C)c1. The van der Waals surface area contributed by atoms with Gasteiger partial charge in [-0.05, 0) is 25.4 Å². The molecule has 20 heavy (non-hydrogen) atoms. The van der Waals surface area contributed by atoms with E-state index < -0.39 is 0 Å². The van der Waals surface area contributed by atoms with Crippen molar-refractivity contribution in [2.75, 3.05) is 11.1 Å². The first kappa shape index (κ1) is 14.3. The number of rotatable bonds is 5. The average molecular weight is 294 g/mol. The second-order valence-electron chi connectivity index (χ2n) is 4.78. The molecule has 1 amide bonds. The van der Waals surface area contributed by atoms with E-state index in [0.29, 0.717) is 17.1 Å². The molecule has 2 aromatic rings. The fourth-order valence-corrected chi connectivity index (χ4v) is 2.43. The second-order valence-corrected chi connectivity index (χ2v) is 5.55. The minimum absolute atomic E-state index is 0.0490. The summed E-state index contributed by atoms with van der Waals surface area (Å²) < 4.78 is 5.76. The highest BCUT2D eigenvalue weighted by Crippen LogP contribution is 2.27. The molecular weight excluding hydrogens is 276 g/mol. The van der Waals surface area contributed by atoms with E-state index in [-0.39, 0.29) is 17.8 Å². The molecule has 0 spiro atoms. The van der Waals surface area contributed by atoms with Crippen molar-refractivity contribution in [2.45, 2.75) is 26.4 Å². The maximum atomic E-state index is 12.1. The summed E-state index contributed by atoms with van der Waals surface area (Å²) in [5.41, 5.74) is 7.21. The maximum Gasteiger partial charge on any atom is 0.258 e. The van der Waals surface area contributed by atoms with E-state index in [9.17, 15) is 4.79 Å². The maximum absolute atomic E-state index is 12.1. The van der Waals surface area contributed by atoms with Crippen LogP contribution in [0.3, 0.4) is 0 Å². The molecule has 0 atom stereocenters. The van der Waals surface area contributed by atoms with Gasteiger partial charge in [-0.1, -0.05) is 0 Å². The third kappa shape index (κ3) is 3.27. The molecule has 0 aromatic carbocycles. The van der Waals surface area contributed by atoms with Crippen LogP contribution in [-0.4, -0.2) is 26.1 Å². The smallest absolute Gasteiger partial charge is 0.258 e. The highest BCUT2D eigenvalue weighted by molar-refractivity contribution is 7.11. The summed E-state index contributed by atoms with van der Waals surface area (Å²) in [6.45, 7) is 4.37. The Morgan fingerprint density at radius 3 is 2.90 bits per heavy atom. The van der Waals surface area contributed by atoms with Gasteiger partial charge < -0.3 is 16.4 Å². The molecule has 7 nitrogen and oxygen atoms in total. The predicted molar refractivity (Wildman–Crippen MR) is 79.7 cm³/mol. The molecule has 0 radical (unpaired) electrons. The number of hydrogen-bond donors (Lipinski definition) is 3. The lowest BCUT2D eigenvalue weighted by molar-refractivity contribution is 0.0945. The van der Waals surface area contributed by atoms with Crippen molar-refractivity contribution in [1.29, 1.82) is 0 Å². The molecule has 4 N–H and O–H groups in total. The van der Waals surface area contributed by atoms with Gasteiger partial charge in [0, 0.05) is 31.4 Å². The van der Waals surface area contributed by atoms with E-state index in [0.717, 1.165) is 5.56 Å². The number of hydrogen-bond acceptors (Lipinski definition) is 6. The summed E-state index contributed by atoms with van der Waals surface area (Å²) in [6.07, 6.45) is 3.68. The monoisotopic (exact) mass is 294 g/mol. The van der Waals surface area contributed by atoms with Gasteiger partial charge in [-0.15, -0.1) is 0 Å². The van der Waals surface area contributed by atoms with Gasteiger partial charge >= 0.3 is 0 Å². The summed E-state index contributed by atoms with van der Waals surface area (Å²) in [5, 5.41) is 10.8. The first-order chi connectivity index (χ1) is 9.47. The lowest BCUT2D eigenvalue weighted by atomic mass is 10.2. The van der Waals surface area contributed by atoms with Crippen LogP contribution in [0.25, 0.3) is 0 Å². The van der Waals surface area contributed by atoms with Crippen LogP contribution in [0.5, 0.6) is 0 Å². The number of carbonyl (C=O) groups is 1. The summed E-state index contributed by atoms with van der Waals surface area (Å²) in [6, 6.07) is 0.0490. The van der Waals surface area contributed by atoms with Gasteiger partial charge in [0.1, 0.15) is 10.6 Å². The molecule has 108 valence electrons. The summed E-state index contributed by atoms with van der Waals surface area (Å²) in [7, 11) is 1.86. The Hall–Kier alpha value is -2.09. The highest BCUT2D eigenvalue weighted by Gasteiger charge is 2.19. The number of nitrogens with one attached hydrogen (secondary N) is 2. The Balaban J connectivity index is 2.10. The minimum Gasteiger partial charge on any atom is -0.382 e. The molecule has 0 aliphatic carbocycles. The number of nitrogens with two attached hydrogens (primary N) is 1. The third-order valence-corrected chi connectivity index (χ3v) is 3.40. The van der Waals surface area contributed by atoms with E-state index in [1.54, 1.807) is 10.9 Å². The molecule has 0 aliphatic rings. The first-order valence-corrected chi connectivity index (χ1v) is 7.02. The van der Waals surface area contributed by atoms with Gasteiger partial charge in [-0.2, -0.15) is 9.47 Å². The predicted octanol–water partition coefficient (Wildman–Crippen LogP) is 1.21. The van der Waals surface area contributed by atoms with Gasteiger partial charge in [0.05, 0.1) is 6.20 Å². The Kier molecular flexibility index (Phi) is 4.23. The van der Waals surface area contributed by atoms with E-state index in [4.69, 9.17) is 5.73 Å². The van der Waals surface area contributed by atoms with E-state index >= 15 is 0 Å². The number of carbonyl (C=O) groups excluding carboxylic acids is 1. The summed E-state index contributed by atoms with van der Waals surface area (Å²) in [4.78, 5) is 12.1. The van der Waals surface area contributed by atoms with Crippen molar-refractivity contribution < 1.29 is 4.79 Å². The molecule has 0 bridgehead atoms. The van der Waals surface area contributed by atoms with Gasteiger partial charge in [0.15, 0.2) is 5.82 Å². The molecule has 2 aromatic heterocycles. The van der Waals surface area contributed by atoms with Crippen LogP contribution in [0.4, 0.5) is 10.8 Å². The lowest BCUT2D eigenvalue weighted by Crippen LogP contribution is -2.30. The zero-order valence-electron chi connectivity index (χ0n) is 11.7. The Morgan fingerprint density at radius 1 is 1.55 bits per heavy atom. The topological polar surface area (TPSA) is 97.9 Å². The molecule has 0 aliphatic heterocycles. The number of nitrogen functional groups attached to an aromatic ring is 1. The Bertz CT molecular complexity index is 603. The van der Waals surface area contributed by atoms with E-state index in [1.807, 2.05) is 27.1 Å². The van der Waals surface area contributed by atoms with Crippen molar-refractivity contribution in [3.8, 4) is 0 Å². The van der Waals surface area contributed by atoms with Gasteiger partial charge in [0.2, 0.25) is 0 Å². The fourth-order valence-electron chi connectivity index (χ4n) is 1.72. The molecule has 0 saturated carbocycles. The van der Waals surface area contributed by atoms with Crippen LogP contribution < -0.4 is 16.4 Å². The van der Waals surface area contributed by atoms with Crippen LogP contribution in [0, 0.1) is 0 Å². The van der Waals surface area contributed by atoms with E-state index in [2.05, 4.69) is 20.1 Å². The quantitative estimate of drug-likeness (QED) is 0.770. The van der Waals surface area contributed by atoms with Crippen LogP contribution in [0.1, 0.15) is 29.8 Å². The van der Waals surface area contributed by atoms with Crippen LogP contribution >= 0.6 is 11.5 Å². The average Bonchev–Trinajstić information content (AvgIpc) is 2.92. The van der Waals surface area contributed by atoms with Crippen molar-refractivity contribution in [1.82, 2.24) is 19.5 Å². The zero-order chi connectivity index (χ0) is 14.7. The van der Waals surface area contributed by atoms with Gasteiger partial charge in [0.25, 0.3) is 5.91 Å². The second kappa shape index (κ2) is 5.91. The summed E-state index contributed by atoms with van der Waals surface area (Å²) in [5.74, 6) is 0.0433. The molecule has 8 heteroatoms. The van der Waals surface area contributed by atoms with Crippen molar-refractivity contribution in [2.24, 2.45) is 7.05 Å². The van der Waals surface area contributed by atoms with Crippen molar-refractivity contribution in [3.05, 3.63) is 23.5 Å². The molecule has 0 unspecified atom stereocenters. The summed E-state index contributed by atoms with van der Waals surface area (Å²) >= 11 is 1.18. The standard InChI is InChI=1S/C12H18N6OS/c1-7(2)16-11(19)9-10(13)17-20-12(9)14-4-8-5-15-18(3)6-8/h5-7,14H,4H2,1-3H3,(H2,13,17)(H,16,19). The number of nitrogens with zero attached hydrogens (tertiary/aromatic N) is 3. The molecular formula is C12H18N6OS. The van der Waals surface area contributed by atoms with Crippen LogP contribution in [0.2, 0.25) is 0 Å².